The Morgan fingerprint density at radius 3 is 2.64 bits per heavy atom. The zero-order valence-electron chi connectivity index (χ0n) is 16.2. The third-order valence-electron chi connectivity index (χ3n) is 5.08. The van der Waals surface area contributed by atoms with Crippen molar-refractivity contribution in [3.05, 3.63) is 41.8 Å². The van der Waals surface area contributed by atoms with Gasteiger partial charge in [-0.1, -0.05) is 43.0 Å². The molecule has 1 amide bonds. The van der Waals surface area contributed by atoms with Crippen LogP contribution in [0.3, 0.4) is 0 Å². The molecule has 1 fully saturated rings. The second-order valence-electron chi connectivity index (χ2n) is 6.87. The largest absolute Gasteiger partial charge is 0.339 e. The first-order chi connectivity index (χ1) is 13.7. The quantitative estimate of drug-likeness (QED) is 0.468. The van der Waals surface area contributed by atoms with Gasteiger partial charge in [-0.25, -0.2) is 9.97 Å². The molecule has 146 valence electrons. The minimum absolute atomic E-state index is 0.178. The third kappa shape index (κ3) is 4.06. The summed E-state index contributed by atoms with van der Waals surface area (Å²) in [6.45, 7) is 8.73. The Morgan fingerprint density at radius 2 is 1.93 bits per heavy atom. The lowest BCUT2D eigenvalue weighted by molar-refractivity contribution is -0.132. The van der Waals surface area contributed by atoms with Crippen molar-refractivity contribution in [3.8, 4) is 10.7 Å². The first-order valence-electron chi connectivity index (χ1n) is 9.64. The van der Waals surface area contributed by atoms with Gasteiger partial charge in [0.2, 0.25) is 5.91 Å². The number of hydrogen-bond acceptors (Lipinski definition) is 6. The fourth-order valence-corrected chi connectivity index (χ4v) is 5.09. The number of fused-ring (bicyclic) bond motifs is 1. The molecule has 3 heterocycles. The van der Waals surface area contributed by atoms with E-state index in [0.29, 0.717) is 0 Å². The Bertz CT molecular complexity index is 952. The molecule has 0 radical (unpaired) electrons. The van der Waals surface area contributed by atoms with E-state index in [0.717, 1.165) is 59.4 Å². The molecule has 28 heavy (non-hydrogen) atoms. The maximum Gasteiger partial charge on any atom is 0.235 e. The van der Waals surface area contributed by atoms with Gasteiger partial charge in [-0.15, -0.1) is 11.3 Å². The number of para-hydroxylation sites is 1. The summed E-state index contributed by atoms with van der Waals surface area (Å²) >= 11 is 3.17. The normalized spacial score (nSPS) is 16.4. The van der Waals surface area contributed by atoms with Gasteiger partial charge in [-0.3, -0.25) is 4.79 Å². The van der Waals surface area contributed by atoms with Crippen molar-refractivity contribution in [2.45, 2.75) is 24.1 Å². The van der Waals surface area contributed by atoms with Crippen LogP contribution >= 0.6 is 23.1 Å². The fraction of sp³-hybridized carbons (Fsp3) is 0.381. The van der Waals surface area contributed by atoms with Crippen LogP contribution in [0.5, 0.6) is 0 Å². The summed E-state index contributed by atoms with van der Waals surface area (Å²) in [4.78, 5) is 28.0. The summed E-state index contributed by atoms with van der Waals surface area (Å²) in [7, 11) is 0. The molecule has 0 spiro atoms. The number of thiophene rings is 1. The zero-order chi connectivity index (χ0) is 19.5. The summed E-state index contributed by atoms with van der Waals surface area (Å²) in [5, 5.41) is 3.73. The summed E-state index contributed by atoms with van der Waals surface area (Å²) in [5.74, 6) is 0.925. The molecular weight excluding hydrogens is 388 g/mol. The van der Waals surface area contributed by atoms with Crippen molar-refractivity contribution in [1.82, 2.24) is 19.8 Å². The summed E-state index contributed by atoms with van der Waals surface area (Å²) in [6.07, 6.45) is 0. The lowest BCUT2D eigenvalue weighted by Gasteiger charge is -2.35. The van der Waals surface area contributed by atoms with Crippen LogP contribution in [0, 0.1) is 0 Å². The minimum atomic E-state index is -0.178. The number of thioether (sulfide) groups is 1. The van der Waals surface area contributed by atoms with E-state index >= 15 is 0 Å². The molecule has 0 aliphatic carbocycles. The fourth-order valence-electron chi connectivity index (χ4n) is 3.41. The van der Waals surface area contributed by atoms with Gasteiger partial charge in [0, 0.05) is 31.6 Å². The number of likely N-dealkylation sites (N-methyl/N-ethyl adjacent to an activating group) is 1. The van der Waals surface area contributed by atoms with Crippen LogP contribution in [-0.2, 0) is 4.79 Å². The van der Waals surface area contributed by atoms with Crippen molar-refractivity contribution in [2.24, 2.45) is 0 Å². The monoisotopic (exact) mass is 412 g/mol. The maximum atomic E-state index is 13.0. The van der Waals surface area contributed by atoms with Gasteiger partial charge in [0.25, 0.3) is 0 Å². The highest BCUT2D eigenvalue weighted by Gasteiger charge is 2.26. The number of carbonyl (C=O) groups is 1. The topological polar surface area (TPSA) is 49.3 Å². The number of amides is 1. The third-order valence-corrected chi connectivity index (χ3v) is 7.03. The Hall–Kier alpha value is -1.96. The Labute approximate surface area is 173 Å². The second-order valence-corrected chi connectivity index (χ2v) is 9.14. The lowest BCUT2D eigenvalue weighted by Crippen LogP contribution is -2.50. The van der Waals surface area contributed by atoms with Crippen molar-refractivity contribution < 1.29 is 4.79 Å². The van der Waals surface area contributed by atoms with Gasteiger partial charge in [0.1, 0.15) is 5.03 Å². The molecular formula is C21H24N4OS2. The van der Waals surface area contributed by atoms with E-state index in [1.54, 1.807) is 23.1 Å². The van der Waals surface area contributed by atoms with Crippen molar-refractivity contribution in [2.75, 3.05) is 32.7 Å². The average molecular weight is 413 g/mol. The van der Waals surface area contributed by atoms with Crippen molar-refractivity contribution >= 4 is 39.9 Å². The predicted molar refractivity (Wildman–Crippen MR) is 117 cm³/mol. The first kappa shape index (κ1) is 19.4. The molecule has 1 unspecified atom stereocenters. The summed E-state index contributed by atoms with van der Waals surface area (Å²) in [5.41, 5.74) is 0.916. The molecule has 0 bridgehead atoms. The van der Waals surface area contributed by atoms with Gasteiger partial charge >= 0.3 is 0 Å². The van der Waals surface area contributed by atoms with E-state index in [1.165, 1.54) is 0 Å². The highest BCUT2D eigenvalue weighted by molar-refractivity contribution is 8.00. The molecule has 4 rings (SSSR count). The van der Waals surface area contributed by atoms with Gasteiger partial charge in [-0.2, -0.15) is 0 Å². The minimum Gasteiger partial charge on any atom is -0.339 e. The second kappa shape index (κ2) is 8.59. The summed E-state index contributed by atoms with van der Waals surface area (Å²) in [6, 6.07) is 12.1. The molecule has 1 aromatic carbocycles. The van der Waals surface area contributed by atoms with Crippen LogP contribution in [0.2, 0.25) is 0 Å². The molecule has 1 aliphatic rings. The number of rotatable bonds is 5. The molecule has 0 saturated carbocycles. The molecule has 1 aliphatic heterocycles. The van der Waals surface area contributed by atoms with Gasteiger partial charge in [-0.05, 0) is 31.0 Å². The standard InChI is InChI=1S/C21H24N4OS2/c1-3-24-10-12-25(13-11-24)21(26)15(2)28-20-16-7-4-5-8-17(16)22-19(23-20)18-9-6-14-27-18/h4-9,14-15H,3,10-13H2,1-2H3. The molecule has 5 nitrogen and oxygen atoms in total. The predicted octanol–water partition coefficient (Wildman–Crippen LogP) is 4.00. The Morgan fingerprint density at radius 1 is 1.14 bits per heavy atom. The molecule has 3 aromatic rings. The Kier molecular flexibility index (Phi) is 5.94. The van der Waals surface area contributed by atoms with Gasteiger partial charge in [0.15, 0.2) is 5.82 Å². The van der Waals surface area contributed by atoms with E-state index in [1.807, 2.05) is 53.6 Å². The molecule has 7 heteroatoms. The van der Waals surface area contributed by atoms with Crippen molar-refractivity contribution in [3.63, 3.8) is 0 Å². The number of hydrogen-bond donors (Lipinski definition) is 0. The average Bonchev–Trinajstić information content (AvgIpc) is 3.28. The molecule has 1 saturated heterocycles. The molecule has 0 N–H and O–H groups in total. The number of carbonyl (C=O) groups excluding carboxylic acids is 1. The zero-order valence-corrected chi connectivity index (χ0v) is 17.8. The van der Waals surface area contributed by atoms with Crippen LogP contribution in [0.4, 0.5) is 0 Å². The maximum absolute atomic E-state index is 13.0. The van der Waals surface area contributed by atoms with Crippen LogP contribution in [-0.4, -0.2) is 63.6 Å². The Balaban J connectivity index is 1.57. The van der Waals surface area contributed by atoms with E-state index < -0.39 is 0 Å². The highest BCUT2D eigenvalue weighted by Crippen LogP contribution is 2.32. The smallest absolute Gasteiger partial charge is 0.235 e. The highest BCUT2D eigenvalue weighted by atomic mass is 32.2. The molecule has 2 aromatic heterocycles. The number of benzene rings is 1. The van der Waals surface area contributed by atoms with Crippen LogP contribution in [0.1, 0.15) is 13.8 Å². The van der Waals surface area contributed by atoms with Crippen LogP contribution < -0.4 is 0 Å². The van der Waals surface area contributed by atoms with Crippen LogP contribution in [0.15, 0.2) is 46.8 Å². The van der Waals surface area contributed by atoms with E-state index in [2.05, 4.69) is 11.8 Å². The van der Waals surface area contributed by atoms with Gasteiger partial charge in [0.05, 0.1) is 15.6 Å². The van der Waals surface area contributed by atoms with Gasteiger partial charge < -0.3 is 9.80 Å². The number of nitrogens with zero attached hydrogens (tertiary/aromatic N) is 4. The van der Waals surface area contributed by atoms with Crippen LogP contribution in [0.25, 0.3) is 21.6 Å². The van der Waals surface area contributed by atoms with E-state index in [-0.39, 0.29) is 11.2 Å². The molecule has 1 atom stereocenters. The number of piperazine rings is 1. The lowest BCUT2D eigenvalue weighted by atomic mass is 10.2. The first-order valence-corrected chi connectivity index (χ1v) is 11.4. The number of aromatic nitrogens is 2. The van der Waals surface area contributed by atoms with E-state index in [9.17, 15) is 4.79 Å². The van der Waals surface area contributed by atoms with Crippen molar-refractivity contribution in [1.29, 1.82) is 0 Å². The SMILES string of the molecule is CCN1CCN(C(=O)C(C)Sc2nc(-c3cccs3)nc3ccccc23)CC1. The van der Waals surface area contributed by atoms with E-state index in [4.69, 9.17) is 9.97 Å². The summed E-state index contributed by atoms with van der Waals surface area (Å²) < 4.78 is 0.